The molecule has 0 bridgehead atoms. The molecule has 0 aromatic heterocycles. The maximum Gasteiger partial charge on any atom is 0.0755 e. The average molecular weight is 301 g/mol. The van der Waals surface area contributed by atoms with Crippen molar-refractivity contribution in [1.29, 1.82) is 0 Å². The van der Waals surface area contributed by atoms with Crippen molar-refractivity contribution in [3.8, 4) is 0 Å². The molecule has 1 aliphatic rings. The predicted molar refractivity (Wildman–Crippen MR) is 88.0 cm³/mol. The zero-order valence-corrected chi connectivity index (χ0v) is 12.8. The minimum absolute atomic E-state index is 0.278. The van der Waals surface area contributed by atoms with Gasteiger partial charge in [0.1, 0.15) is 0 Å². The van der Waals surface area contributed by atoms with Crippen molar-refractivity contribution in [2.24, 2.45) is 0 Å². The van der Waals surface area contributed by atoms with Crippen LogP contribution in [0.3, 0.4) is 0 Å². The van der Waals surface area contributed by atoms with Gasteiger partial charge in [0.25, 0.3) is 0 Å². The normalized spacial score (nSPS) is 22.6. The van der Waals surface area contributed by atoms with E-state index in [9.17, 15) is 0 Å². The van der Waals surface area contributed by atoms with E-state index in [1.165, 1.54) is 11.1 Å². The van der Waals surface area contributed by atoms with E-state index in [4.69, 9.17) is 4.74 Å². The molecule has 0 saturated carbocycles. The summed E-state index contributed by atoms with van der Waals surface area (Å²) in [7, 11) is 3.85. The van der Waals surface area contributed by atoms with Gasteiger partial charge >= 0.3 is 0 Å². The lowest BCUT2D eigenvalue weighted by atomic mass is 9.96. The van der Waals surface area contributed by atoms with Gasteiger partial charge in [-0.25, -0.2) is 0 Å². The molecule has 103 valence electrons. The minimum atomic E-state index is 0.278. The molecule has 2 aromatic carbocycles. The van der Waals surface area contributed by atoms with Crippen molar-refractivity contribution in [2.75, 3.05) is 11.5 Å². The zero-order valence-electron chi connectivity index (χ0n) is 11.2. The third-order valence-corrected chi connectivity index (χ3v) is 5.89. The first-order valence-electron chi connectivity index (χ1n) is 6.80. The first kappa shape index (κ1) is 14.1. The van der Waals surface area contributed by atoms with Crippen molar-refractivity contribution >= 4 is 21.6 Å². The Bertz CT molecular complexity index is 515. The molecule has 0 unspecified atom stereocenters. The van der Waals surface area contributed by atoms with Gasteiger partial charge in [0.15, 0.2) is 0 Å². The summed E-state index contributed by atoms with van der Waals surface area (Å²) in [6.45, 7) is 0.695. The fraction of sp³-hybridized carbons (Fsp3) is 0.294. The smallest absolute Gasteiger partial charge is 0.0755 e. The van der Waals surface area contributed by atoms with Crippen LogP contribution in [0, 0.1) is 6.07 Å². The number of benzene rings is 2. The summed E-state index contributed by atoms with van der Waals surface area (Å²) >= 11 is 0. The van der Waals surface area contributed by atoms with Gasteiger partial charge in [-0.1, -0.05) is 76.2 Å². The zero-order chi connectivity index (χ0) is 13.6. The lowest BCUT2D eigenvalue weighted by molar-refractivity contribution is 0.0421. The van der Waals surface area contributed by atoms with Crippen LogP contribution in [0.5, 0.6) is 0 Å². The van der Waals surface area contributed by atoms with E-state index in [1.54, 1.807) is 0 Å². The maximum absolute atomic E-state index is 6.18. The Morgan fingerprint density at radius 1 is 1.00 bits per heavy atom. The van der Waals surface area contributed by atoms with E-state index in [2.05, 4.69) is 42.5 Å². The van der Waals surface area contributed by atoms with Gasteiger partial charge in [-0.2, -0.15) is 0 Å². The Hall–Kier alpha value is -0.900. The van der Waals surface area contributed by atoms with Crippen LogP contribution in [0.2, 0.25) is 0 Å². The third-order valence-electron chi connectivity index (χ3n) is 3.45. The van der Waals surface area contributed by atoms with Crippen LogP contribution < -0.4 is 0 Å². The molecular weight excluding hydrogens is 284 g/mol. The first-order chi connectivity index (χ1) is 9.93. The standard InChI is InChI=1S/C17H17OS2/c1-3-7-14(8-4-1)11-18-17-13-20-19-12-16(17)15-9-5-2-6-10-15/h1-9,16-17H,11-13H2/t16-,17+/m1/s1. The lowest BCUT2D eigenvalue weighted by Gasteiger charge is -2.30. The molecule has 0 aliphatic carbocycles. The summed E-state index contributed by atoms with van der Waals surface area (Å²) in [6, 6.07) is 22.0. The second-order valence-corrected chi connectivity index (χ2v) is 7.38. The average Bonchev–Trinajstić information content (AvgIpc) is 2.55. The Morgan fingerprint density at radius 3 is 2.60 bits per heavy atom. The van der Waals surface area contributed by atoms with E-state index >= 15 is 0 Å². The van der Waals surface area contributed by atoms with Gasteiger partial charge in [-0.3, -0.25) is 0 Å². The van der Waals surface area contributed by atoms with Crippen molar-refractivity contribution in [3.63, 3.8) is 0 Å². The van der Waals surface area contributed by atoms with E-state index in [0.717, 1.165) is 11.5 Å². The van der Waals surface area contributed by atoms with Crippen LogP contribution in [-0.2, 0) is 11.3 Å². The summed E-state index contributed by atoms with van der Waals surface area (Å²) in [5, 5.41) is 0. The summed E-state index contributed by atoms with van der Waals surface area (Å²) in [5.41, 5.74) is 2.52. The van der Waals surface area contributed by atoms with Crippen LogP contribution in [-0.4, -0.2) is 17.6 Å². The molecule has 1 nitrogen and oxygen atoms in total. The molecule has 0 spiro atoms. The van der Waals surface area contributed by atoms with Crippen molar-refractivity contribution < 1.29 is 4.74 Å². The first-order valence-corrected chi connectivity index (χ1v) is 9.29. The third kappa shape index (κ3) is 3.60. The summed E-state index contributed by atoms with van der Waals surface area (Å²) in [6.07, 6.45) is 0.278. The molecule has 1 fully saturated rings. The van der Waals surface area contributed by atoms with Gasteiger partial charge in [0.2, 0.25) is 0 Å². The molecule has 2 atom stereocenters. The van der Waals surface area contributed by atoms with Gasteiger partial charge in [-0.05, 0) is 17.2 Å². The lowest BCUT2D eigenvalue weighted by Crippen LogP contribution is -2.29. The number of hydrogen-bond acceptors (Lipinski definition) is 3. The van der Waals surface area contributed by atoms with Crippen LogP contribution in [0.25, 0.3) is 0 Å². The molecule has 3 heteroatoms. The minimum Gasteiger partial charge on any atom is -0.372 e. The Kier molecular flexibility index (Phi) is 5.06. The van der Waals surface area contributed by atoms with E-state index in [1.807, 2.05) is 39.8 Å². The quantitative estimate of drug-likeness (QED) is 0.767. The fourth-order valence-corrected chi connectivity index (χ4v) is 4.95. The van der Waals surface area contributed by atoms with Gasteiger partial charge in [-0.15, -0.1) is 0 Å². The van der Waals surface area contributed by atoms with Crippen molar-refractivity contribution in [1.82, 2.24) is 0 Å². The second-order valence-electron chi connectivity index (χ2n) is 4.83. The molecule has 3 rings (SSSR count). The fourth-order valence-electron chi connectivity index (χ4n) is 2.33. The van der Waals surface area contributed by atoms with Gasteiger partial charge in [0, 0.05) is 17.4 Å². The molecule has 1 aliphatic heterocycles. The highest BCUT2D eigenvalue weighted by molar-refractivity contribution is 8.76. The summed E-state index contributed by atoms with van der Waals surface area (Å²) in [5.74, 6) is 2.60. The summed E-state index contributed by atoms with van der Waals surface area (Å²) < 4.78 is 6.18. The van der Waals surface area contributed by atoms with Gasteiger partial charge < -0.3 is 4.74 Å². The maximum atomic E-state index is 6.18. The number of rotatable bonds is 4. The number of ether oxygens (including phenoxy) is 1. The molecular formula is C17H17OS2. The monoisotopic (exact) mass is 301 g/mol. The highest BCUT2D eigenvalue weighted by atomic mass is 33.1. The molecule has 1 saturated heterocycles. The number of hydrogen-bond donors (Lipinski definition) is 0. The van der Waals surface area contributed by atoms with E-state index in [0.29, 0.717) is 12.5 Å². The molecule has 1 heterocycles. The SMILES string of the molecule is [c]1ccccc1[C@H]1CSSC[C@@H]1OCc1ccccc1. The molecule has 1 radical (unpaired) electrons. The van der Waals surface area contributed by atoms with Crippen molar-refractivity contribution in [2.45, 2.75) is 18.6 Å². The predicted octanol–water partition coefficient (Wildman–Crippen LogP) is 4.55. The Labute approximate surface area is 128 Å². The Morgan fingerprint density at radius 2 is 1.80 bits per heavy atom. The molecule has 0 amide bonds. The van der Waals surface area contributed by atoms with Gasteiger partial charge in [0.05, 0.1) is 12.7 Å². The second kappa shape index (κ2) is 7.21. The van der Waals surface area contributed by atoms with Crippen LogP contribution in [0.1, 0.15) is 17.0 Å². The summed E-state index contributed by atoms with van der Waals surface area (Å²) in [4.78, 5) is 0. The largest absolute Gasteiger partial charge is 0.372 e. The van der Waals surface area contributed by atoms with Crippen molar-refractivity contribution in [3.05, 3.63) is 71.8 Å². The highest BCUT2D eigenvalue weighted by Gasteiger charge is 2.28. The van der Waals surface area contributed by atoms with Crippen LogP contribution in [0.4, 0.5) is 0 Å². The van der Waals surface area contributed by atoms with Crippen LogP contribution >= 0.6 is 21.6 Å². The molecule has 2 aromatic rings. The van der Waals surface area contributed by atoms with Crippen LogP contribution in [0.15, 0.2) is 54.6 Å². The topological polar surface area (TPSA) is 9.23 Å². The highest BCUT2D eigenvalue weighted by Crippen LogP contribution is 2.39. The van der Waals surface area contributed by atoms with E-state index < -0.39 is 0 Å². The molecule has 20 heavy (non-hydrogen) atoms. The van der Waals surface area contributed by atoms with E-state index in [-0.39, 0.29) is 6.10 Å². The molecule has 0 N–H and O–H groups in total. The Balaban J connectivity index is 1.67.